The molecule has 2 heterocycles. The Balaban J connectivity index is 2.00. The van der Waals surface area contributed by atoms with E-state index in [1.165, 1.54) is 12.3 Å². The van der Waals surface area contributed by atoms with E-state index in [9.17, 15) is 14.0 Å². The van der Waals surface area contributed by atoms with Crippen LogP contribution in [0.3, 0.4) is 0 Å². The first-order valence-corrected chi connectivity index (χ1v) is 6.22. The lowest BCUT2D eigenvalue weighted by Crippen LogP contribution is -2.16. The molecule has 6 nitrogen and oxygen atoms in total. The van der Waals surface area contributed by atoms with Gasteiger partial charge < -0.3 is 9.72 Å². The van der Waals surface area contributed by atoms with E-state index in [-0.39, 0.29) is 16.7 Å². The van der Waals surface area contributed by atoms with Crippen LogP contribution in [-0.2, 0) is 4.84 Å². The number of halogens is 2. The average molecular weight is 307 g/mol. The van der Waals surface area contributed by atoms with Gasteiger partial charge in [-0.1, -0.05) is 0 Å². The van der Waals surface area contributed by atoms with E-state index in [0.717, 1.165) is 19.2 Å². The molecule has 0 saturated carbocycles. The highest BCUT2D eigenvalue weighted by molar-refractivity contribution is 5.82. The number of benzene rings is 1. The van der Waals surface area contributed by atoms with Gasteiger partial charge in [0, 0.05) is 24.5 Å². The van der Waals surface area contributed by atoms with E-state index in [4.69, 9.17) is 4.74 Å². The van der Waals surface area contributed by atoms with Gasteiger partial charge in [-0.25, -0.2) is 13.8 Å². The lowest BCUT2D eigenvalue weighted by Gasteiger charge is -2.15. The average Bonchev–Trinajstić information content (AvgIpc) is 2.99. The SMILES string of the molecule is CON(O)c1cc(F)c(Oc2ccnc3[nH]ccc23)c(F)c1. The van der Waals surface area contributed by atoms with Crippen LogP contribution in [0, 0.1) is 11.6 Å². The smallest absolute Gasteiger partial charge is 0.198 e. The Bertz CT molecular complexity index is 799. The van der Waals surface area contributed by atoms with Gasteiger partial charge in [0.05, 0.1) is 12.5 Å². The molecular formula is C14H11F2N3O3. The molecule has 0 radical (unpaired) electrons. The molecule has 114 valence electrons. The molecule has 0 saturated heterocycles. The summed E-state index contributed by atoms with van der Waals surface area (Å²) >= 11 is 0. The van der Waals surface area contributed by atoms with Crippen LogP contribution < -0.4 is 9.96 Å². The van der Waals surface area contributed by atoms with Gasteiger partial charge >= 0.3 is 0 Å². The summed E-state index contributed by atoms with van der Waals surface area (Å²) in [6.45, 7) is 0. The monoisotopic (exact) mass is 307 g/mol. The van der Waals surface area contributed by atoms with Gasteiger partial charge in [-0.2, -0.15) is 0 Å². The second-order valence-corrected chi connectivity index (χ2v) is 4.35. The van der Waals surface area contributed by atoms with E-state index >= 15 is 0 Å². The minimum atomic E-state index is -0.980. The summed E-state index contributed by atoms with van der Waals surface area (Å²) in [6.07, 6.45) is 3.10. The molecule has 2 N–H and O–H groups in total. The summed E-state index contributed by atoms with van der Waals surface area (Å²) in [5.74, 6) is -2.29. The van der Waals surface area contributed by atoms with E-state index in [0.29, 0.717) is 11.0 Å². The molecule has 1 aromatic carbocycles. The zero-order chi connectivity index (χ0) is 15.7. The molecule has 22 heavy (non-hydrogen) atoms. The number of pyridine rings is 1. The molecule has 2 aromatic heterocycles. The number of H-pyrrole nitrogens is 1. The number of nitrogens with one attached hydrogen (secondary N) is 1. The molecular weight excluding hydrogens is 296 g/mol. The van der Waals surface area contributed by atoms with E-state index in [1.54, 1.807) is 12.3 Å². The third-order valence-corrected chi connectivity index (χ3v) is 3.01. The molecule has 0 atom stereocenters. The lowest BCUT2D eigenvalue weighted by atomic mass is 10.2. The Kier molecular flexibility index (Phi) is 3.61. The third-order valence-electron chi connectivity index (χ3n) is 3.01. The molecule has 0 unspecified atom stereocenters. The first kappa shape index (κ1) is 14.2. The second-order valence-electron chi connectivity index (χ2n) is 4.35. The molecule has 0 amide bonds. The van der Waals surface area contributed by atoms with Gasteiger partial charge in [0.1, 0.15) is 17.1 Å². The summed E-state index contributed by atoms with van der Waals surface area (Å²) in [5.41, 5.74) is 0.335. The van der Waals surface area contributed by atoms with Crippen molar-refractivity contribution >= 4 is 16.7 Å². The standard InChI is InChI=1S/C14H11F2N3O3/c1-21-19(20)8-6-10(15)13(11(16)7-8)22-12-3-5-18-14-9(12)2-4-17-14/h2-7,20H,1H3,(H,17,18). The maximum atomic E-state index is 14.0. The molecule has 0 spiro atoms. The van der Waals surface area contributed by atoms with Crippen molar-refractivity contribution in [1.82, 2.24) is 9.97 Å². The molecule has 3 rings (SSSR count). The van der Waals surface area contributed by atoms with E-state index in [1.807, 2.05) is 0 Å². The van der Waals surface area contributed by atoms with E-state index < -0.39 is 17.4 Å². The van der Waals surface area contributed by atoms with Gasteiger partial charge in [-0.3, -0.25) is 10.0 Å². The number of nitrogens with zero attached hydrogens (tertiary/aromatic N) is 2. The fraction of sp³-hybridized carbons (Fsp3) is 0.0714. The fourth-order valence-corrected chi connectivity index (χ4v) is 1.99. The van der Waals surface area contributed by atoms with Crippen molar-refractivity contribution in [3.05, 3.63) is 48.3 Å². The van der Waals surface area contributed by atoms with Gasteiger partial charge in [0.25, 0.3) is 0 Å². The zero-order valence-electron chi connectivity index (χ0n) is 11.4. The Morgan fingerprint density at radius 3 is 2.64 bits per heavy atom. The van der Waals surface area contributed by atoms with Gasteiger partial charge in [0.15, 0.2) is 17.4 Å². The Morgan fingerprint density at radius 1 is 1.23 bits per heavy atom. The highest BCUT2D eigenvalue weighted by Crippen LogP contribution is 2.33. The van der Waals surface area contributed by atoms with Crippen LogP contribution >= 0.6 is 0 Å². The van der Waals surface area contributed by atoms with Gasteiger partial charge in [-0.15, -0.1) is 5.23 Å². The minimum absolute atomic E-state index is 0.202. The van der Waals surface area contributed by atoms with E-state index in [2.05, 4.69) is 14.8 Å². The number of aromatic amines is 1. The predicted molar refractivity (Wildman–Crippen MR) is 73.8 cm³/mol. The lowest BCUT2D eigenvalue weighted by molar-refractivity contribution is -0.0112. The van der Waals surface area contributed by atoms with Crippen LogP contribution in [0.25, 0.3) is 11.0 Å². The zero-order valence-corrected chi connectivity index (χ0v) is 11.4. The number of fused-ring (bicyclic) bond motifs is 1. The fourth-order valence-electron chi connectivity index (χ4n) is 1.99. The Hall–Kier alpha value is -2.71. The van der Waals surface area contributed by atoms with Crippen molar-refractivity contribution in [1.29, 1.82) is 0 Å². The molecule has 0 bridgehead atoms. The first-order valence-electron chi connectivity index (χ1n) is 6.22. The van der Waals surface area contributed by atoms with Crippen molar-refractivity contribution in [2.75, 3.05) is 12.3 Å². The summed E-state index contributed by atoms with van der Waals surface area (Å²) < 4.78 is 33.4. The maximum Gasteiger partial charge on any atom is 0.198 e. The molecule has 0 fully saturated rings. The minimum Gasteiger partial charge on any atom is -0.450 e. The molecule has 0 aliphatic carbocycles. The van der Waals surface area contributed by atoms with Crippen molar-refractivity contribution in [2.24, 2.45) is 0 Å². The maximum absolute atomic E-state index is 14.0. The topological polar surface area (TPSA) is 70.6 Å². The number of ether oxygens (including phenoxy) is 1. The van der Waals surface area contributed by atoms with Crippen LogP contribution in [0.15, 0.2) is 36.7 Å². The van der Waals surface area contributed by atoms with Crippen LogP contribution in [0.2, 0.25) is 0 Å². The first-order chi connectivity index (χ1) is 10.6. The molecule has 0 aliphatic heterocycles. The highest BCUT2D eigenvalue weighted by Gasteiger charge is 2.17. The van der Waals surface area contributed by atoms with Gasteiger partial charge in [-0.05, 0) is 12.1 Å². The number of anilines is 1. The summed E-state index contributed by atoms with van der Waals surface area (Å²) in [5, 5.41) is 10.1. The largest absolute Gasteiger partial charge is 0.450 e. The molecule has 3 aromatic rings. The number of rotatable bonds is 4. The molecule has 0 aliphatic rings. The summed E-state index contributed by atoms with van der Waals surface area (Å²) in [7, 11) is 1.15. The molecule has 8 heteroatoms. The normalized spacial score (nSPS) is 10.9. The van der Waals surface area contributed by atoms with Crippen LogP contribution in [0.4, 0.5) is 14.5 Å². The predicted octanol–water partition coefficient (Wildman–Crippen LogP) is 3.39. The summed E-state index contributed by atoms with van der Waals surface area (Å²) in [4.78, 5) is 11.4. The number of hydrogen-bond acceptors (Lipinski definition) is 5. The number of aromatic nitrogens is 2. The van der Waals surface area contributed by atoms with Crippen molar-refractivity contribution in [3.63, 3.8) is 0 Å². The van der Waals surface area contributed by atoms with Crippen molar-refractivity contribution < 1.29 is 23.6 Å². The van der Waals surface area contributed by atoms with Crippen molar-refractivity contribution in [3.8, 4) is 11.5 Å². The quantitative estimate of drug-likeness (QED) is 0.723. The third kappa shape index (κ3) is 2.45. The second kappa shape index (κ2) is 5.58. The summed E-state index contributed by atoms with van der Waals surface area (Å²) in [6, 6.07) is 4.95. The Morgan fingerprint density at radius 2 is 1.95 bits per heavy atom. The highest BCUT2D eigenvalue weighted by atomic mass is 19.1. The van der Waals surface area contributed by atoms with Crippen LogP contribution in [0.5, 0.6) is 11.5 Å². The number of hydrogen-bond donors (Lipinski definition) is 2. The van der Waals surface area contributed by atoms with Crippen LogP contribution in [-0.4, -0.2) is 22.3 Å². The van der Waals surface area contributed by atoms with Crippen molar-refractivity contribution in [2.45, 2.75) is 0 Å². The van der Waals surface area contributed by atoms with Crippen LogP contribution in [0.1, 0.15) is 0 Å². The van der Waals surface area contributed by atoms with Gasteiger partial charge in [0.2, 0.25) is 0 Å². The Labute approximate surface area is 123 Å².